The van der Waals surface area contributed by atoms with Crippen molar-refractivity contribution in [2.75, 3.05) is 13.1 Å². The van der Waals surface area contributed by atoms with Crippen molar-refractivity contribution >= 4 is 17.2 Å². The minimum Gasteiger partial charge on any atom is -0.355 e. The minimum absolute atomic E-state index is 0.186. The van der Waals surface area contributed by atoms with Crippen LogP contribution in [0.2, 0.25) is 0 Å². The molecule has 0 unspecified atom stereocenters. The van der Waals surface area contributed by atoms with Crippen molar-refractivity contribution in [1.82, 2.24) is 15.6 Å². The molecule has 116 valence electrons. The summed E-state index contributed by atoms with van der Waals surface area (Å²) in [5, 5.41) is 7.69. The fourth-order valence-corrected chi connectivity index (χ4v) is 4.48. The van der Waals surface area contributed by atoms with Gasteiger partial charge in [0, 0.05) is 29.8 Å². The van der Waals surface area contributed by atoms with E-state index in [0.29, 0.717) is 6.04 Å². The van der Waals surface area contributed by atoms with Gasteiger partial charge in [0.2, 0.25) is 5.91 Å². The van der Waals surface area contributed by atoms with E-state index in [1.165, 1.54) is 34.8 Å². The Morgan fingerprint density at radius 3 is 3.10 bits per heavy atom. The van der Waals surface area contributed by atoms with Crippen LogP contribution < -0.4 is 10.6 Å². The summed E-state index contributed by atoms with van der Waals surface area (Å²) in [6.45, 7) is 3.83. The zero-order valence-corrected chi connectivity index (χ0v) is 13.6. The lowest BCUT2D eigenvalue weighted by Gasteiger charge is -2.27. The zero-order valence-electron chi connectivity index (χ0n) is 12.8. The van der Waals surface area contributed by atoms with Crippen molar-refractivity contribution in [3.8, 4) is 0 Å². The highest BCUT2D eigenvalue weighted by atomic mass is 32.1. The van der Waals surface area contributed by atoms with Crippen molar-refractivity contribution in [1.29, 1.82) is 0 Å². The fourth-order valence-electron chi connectivity index (χ4n) is 3.32. The number of fused-ring (bicyclic) bond motifs is 1. The molecule has 0 bridgehead atoms. The van der Waals surface area contributed by atoms with Crippen LogP contribution in [-0.4, -0.2) is 30.0 Å². The molecule has 1 aliphatic heterocycles. The number of carbonyl (C=O) groups excluding carboxylic acids is 1. The molecule has 0 radical (unpaired) electrons. The summed E-state index contributed by atoms with van der Waals surface area (Å²) < 4.78 is 0. The van der Waals surface area contributed by atoms with Gasteiger partial charge in [-0.2, -0.15) is 0 Å². The lowest BCUT2D eigenvalue weighted by atomic mass is 9.92. The molecule has 1 saturated heterocycles. The summed E-state index contributed by atoms with van der Waals surface area (Å²) in [5.74, 6) is 0.412. The Morgan fingerprint density at radius 1 is 1.43 bits per heavy atom. The molecule has 1 aromatic heterocycles. The first-order chi connectivity index (χ1) is 10.2. The number of piperidine rings is 1. The third kappa shape index (κ3) is 3.83. The number of rotatable bonds is 4. The fraction of sp³-hybridized carbons (Fsp3) is 0.750. The minimum atomic E-state index is 0.186. The van der Waals surface area contributed by atoms with Gasteiger partial charge in [0.25, 0.3) is 0 Å². The second kappa shape index (κ2) is 6.88. The molecule has 1 fully saturated rings. The molecule has 2 N–H and O–H groups in total. The molecular formula is C16H25N3OS. The number of nitrogens with zero attached hydrogens (tertiary/aromatic N) is 1. The normalized spacial score (nSPS) is 25.4. The van der Waals surface area contributed by atoms with Gasteiger partial charge < -0.3 is 10.6 Å². The second-order valence-electron chi connectivity index (χ2n) is 6.30. The van der Waals surface area contributed by atoms with Crippen LogP contribution in [0.15, 0.2) is 0 Å². The van der Waals surface area contributed by atoms with E-state index in [2.05, 4.69) is 17.6 Å². The number of nitrogens with one attached hydrogen (secondary N) is 2. The highest BCUT2D eigenvalue weighted by molar-refractivity contribution is 7.11. The van der Waals surface area contributed by atoms with Crippen LogP contribution in [0.1, 0.15) is 48.2 Å². The van der Waals surface area contributed by atoms with Gasteiger partial charge in [0.1, 0.15) is 0 Å². The Hall–Kier alpha value is -0.940. The molecule has 2 aliphatic rings. The Balaban J connectivity index is 1.45. The third-order valence-corrected chi connectivity index (χ3v) is 5.74. The third-order valence-electron chi connectivity index (χ3n) is 4.52. The average molecular weight is 307 g/mol. The van der Waals surface area contributed by atoms with Gasteiger partial charge in [-0.3, -0.25) is 4.79 Å². The van der Waals surface area contributed by atoms with Gasteiger partial charge in [0.15, 0.2) is 0 Å². The average Bonchev–Trinajstić information content (AvgIpc) is 2.89. The van der Waals surface area contributed by atoms with Crippen LogP contribution in [0, 0.1) is 5.92 Å². The lowest BCUT2D eigenvalue weighted by Crippen LogP contribution is -2.42. The molecule has 1 aromatic rings. The molecule has 1 amide bonds. The topological polar surface area (TPSA) is 54.0 Å². The van der Waals surface area contributed by atoms with Crippen molar-refractivity contribution in [3.05, 3.63) is 15.6 Å². The maximum absolute atomic E-state index is 12.2. The van der Waals surface area contributed by atoms with Gasteiger partial charge in [-0.05, 0) is 52.0 Å². The van der Waals surface area contributed by atoms with Crippen LogP contribution in [0.25, 0.3) is 0 Å². The summed E-state index contributed by atoms with van der Waals surface area (Å²) in [6.07, 6.45) is 7.72. The largest absolute Gasteiger partial charge is 0.355 e. The van der Waals surface area contributed by atoms with Crippen molar-refractivity contribution in [2.45, 2.75) is 57.9 Å². The summed E-state index contributed by atoms with van der Waals surface area (Å²) in [6, 6.07) is 0.459. The highest BCUT2D eigenvalue weighted by Gasteiger charge is 2.24. The maximum atomic E-state index is 12.2. The van der Waals surface area contributed by atoms with Crippen LogP contribution >= 0.6 is 11.3 Å². The summed E-state index contributed by atoms with van der Waals surface area (Å²) >= 11 is 1.85. The maximum Gasteiger partial charge on any atom is 0.223 e. The second-order valence-corrected chi connectivity index (χ2v) is 7.47. The number of hydrogen-bond acceptors (Lipinski definition) is 4. The van der Waals surface area contributed by atoms with Gasteiger partial charge in [-0.25, -0.2) is 4.98 Å². The van der Waals surface area contributed by atoms with E-state index in [9.17, 15) is 4.79 Å². The summed E-state index contributed by atoms with van der Waals surface area (Å²) in [7, 11) is 0. The lowest BCUT2D eigenvalue weighted by molar-refractivity contribution is -0.126. The molecule has 0 saturated carbocycles. The Morgan fingerprint density at radius 2 is 2.29 bits per heavy atom. The predicted octanol–water partition coefficient (Wildman–Crippen LogP) is 2.07. The zero-order chi connectivity index (χ0) is 14.7. The quantitative estimate of drug-likeness (QED) is 0.895. The van der Waals surface area contributed by atoms with Crippen LogP contribution in [0.5, 0.6) is 0 Å². The van der Waals surface area contributed by atoms with Crippen LogP contribution in [-0.2, 0) is 24.1 Å². The molecular weight excluding hydrogens is 282 g/mol. The summed E-state index contributed by atoms with van der Waals surface area (Å²) in [5.41, 5.74) is 1.32. The molecule has 5 heteroatoms. The van der Waals surface area contributed by atoms with E-state index >= 15 is 0 Å². The highest BCUT2D eigenvalue weighted by Crippen LogP contribution is 2.26. The van der Waals surface area contributed by atoms with Gasteiger partial charge >= 0.3 is 0 Å². The molecule has 0 aromatic carbocycles. The van der Waals surface area contributed by atoms with Crippen LogP contribution in [0.4, 0.5) is 0 Å². The number of aromatic nitrogens is 1. The monoisotopic (exact) mass is 307 g/mol. The first kappa shape index (κ1) is 15.0. The van der Waals surface area contributed by atoms with Crippen LogP contribution in [0.3, 0.4) is 0 Å². The molecule has 2 atom stereocenters. The SMILES string of the molecule is C[C@H]1C[C@@H](C(=O)NCCc2nc3c(s2)CCCC3)CCN1. The van der Waals surface area contributed by atoms with Gasteiger partial charge in [-0.1, -0.05) is 0 Å². The van der Waals surface area contributed by atoms with Crippen molar-refractivity contribution in [2.24, 2.45) is 5.92 Å². The predicted molar refractivity (Wildman–Crippen MR) is 85.7 cm³/mol. The van der Waals surface area contributed by atoms with Gasteiger partial charge in [0.05, 0.1) is 10.7 Å². The number of aryl methyl sites for hydroxylation is 2. The molecule has 2 heterocycles. The van der Waals surface area contributed by atoms with E-state index < -0.39 is 0 Å². The van der Waals surface area contributed by atoms with Crippen molar-refractivity contribution in [3.63, 3.8) is 0 Å². The standard InChI is InChI=1S/C16H25N3OS/c1-11-10-12(6-8-17-11)16(20)18-9-7-15-19-13-4-2-3-5-14(13)21-15/h11-12,17H,2-10H2,1H3,(H,18,20)/t11-,12-/m0/s1. The van der Waals surface area contributed by atoms with E-state index in [-0.39, 0.29) is 11.8 Å². The van der Waals surface area contributed by atoms with Crippen molar-refractivity contribution < 1.29 is 4.79 Å². The Kier molecular flexibility index (Phi) is 4.91. The molecule has 4 nitrogen and oxygen atoms in total. The van der Waals surface area contributed by atoms with Gasteiger partial charge in [-0.15, -0.1) is 11.3 Å². The summed E-state index contributed by atoms with van der Waals surface area (Å²) in [4.78, 5) is 18.4. The van der Waals surface area contributed by atoms with E-state index in [1.54, 1.807) is 0 Å². The Bertz CT molecular complexity index is 476. The molecule has 1 aliphatic carbocycles. The number of thiazole rings is 1. The molecule has 0 spiro atoms. The first-order valence-corrected chi connectivity index (χ1v) is 9.02. The molecule has 21 heavy (non-hydrogen) atoms. The smallest absolute Gasteiger partial charge is 0.223 e. The van der Waals surface area contributed by atoms with E-state index in [4.69, 9.17) is 4.98 Å². The number of amides is 1. The number of carbonyl (C=O) groups is 1. The molecule has 3 rings (SSSR count). The van der Waals surface area contributed by atoms with E-state index in [1.807, 2.05) is 11.3 Å². The number of hydrogen-bond donors (Lipinski definition) is 2. The Labute approximate surface area is 130 Å². The van der Waals surface area contributed by atoms with E-state index in [0.717, 1.165) is 38.8 Å². The first-order valence-electron chi connectivity index (χ1n) is 8.21.